The molecule has 1 amide bonds. The van der Waals surface area contributed by atoms with E-state index in [2.05, 4.69) is 15.3 Å². The number of aromatic nitrogens is 1. The van der Waals surface area contributed by atoms with E-state index in [9.17, 15) is 4.79 Å². The number of nitrogens with two attached hydrogens (primary N) is 1. The molecule has 0 spiro atoms. The molecule has 1 aromatic heterocycles. The monoisotopic (exact) mass is 176 g/mol. The number of primary amides is 1. The quantitative estimate of drug-likeness (QED) is 0.638. The zero-order chi connectivity index (χ0) is 9.26. The molecule has 13 heavy (non-hydrogen) atoms. The van der Waals surface area contributed by atoms with E-state index in [1.165, 1.54) is 6.20 Å². The molecule has 0 saturated carbocycles. The SMILES string of the molecule is NC(=O)c1cnc2c(c1)NC=NC2. The number of carbonyl (C=O) groups excluding carboxylic acids is 1. The second-order valence-corrected chi connectivity index (χ2v) is 2.70. The van der Waals surface area contributed by atoms with Gasteiger partial charge in [-0.3, -0.25) is 14.8 Å². The Kier molecular flexibility index (Phi) is 1.70. The average molecular weight is 176 g/mol. The highest BCUT2D eigenvalue weighted by molar-refractivity contribution is 5.94. The summed E-state index contributed by atoms with van der Waals surface area (Å²) in [5, 5.41) is 2.90. The molecule has 1 aromatic rings. The zero-order valence-electron chi connectivity index (χ0n) is 6.82. The minimum absolute atomic E-state index is 0.404. The Labute approximate surface area is 74.7 Å². The maximum Gasteiger partial charge on any atom is 0.250 e. The number of carbonyl (C=O) groups is 1. The molecular formula is C8H8N4O. The van der Waals surface area contributed by atoms with Gasteiger partial charge in [0.1, 0.15) is 0 Å². The minimum atomic E-state index is -0.473. The van der Waals surface area contributed by atoms with Crippen molar-refractivity contribution in [2.45, 2.75) is 6.54 Å². The first-order chi connectivity index (χ1) is 6.27. The van der Waals surface area contributed by atoms with Gasteiger partial charge in [0.25, 0.3) is 0 Å². The van der Waals surface area contributed by atoms with Crippen LogP contribution in [-0.4, -0.2) is 17.2 Å². The van der Waals surface area contributed by atoms with Crippen LogP contribution in [0.4, 0.5) is 5.69 Å². The van der Waals surface area contributed by atoms with Crippen LogP contribution in [0.3, 0.4) is 0 Å². The predicted octanol–water partition coefficient (Wildman–Crippen LogP) is 0.134. The van der Waals surface area contributed by atoms with Crippen molar-refractivity contribution < 1.29 is 4.79 Å². The topological polar surface area (TPSA) is 80.4 Å². The van der Waals surface area contributed by atoms with E-state index in [4.69, 9.17) is 5.73 Å². The van der Waals surface area contributed by atoms with Crippen LogP contribution < -0.4 is 11.1 Å². The Bertz CT molecular complexity index is 386. The molecule has 0 aliphatic carbocycles. The second kappa shape index (κ2) is 2.85. The predicted molar refractivity (Wildman–Crippen MR) is 48.6 cm³/mol. The van der Waals surface area contributed by atoms with Crippen LogP contribution in [0, 0.1) is 0 Å². The fraction of sp³-hybridized carbons (Fsp3) is 0.125. The molecule has 0 radical (unpaired) electrons. The van der Waals surface area contributed by atoms with Gasteiger partial charge in [-0.25, -0.2) is 0 Å². The summed E-state index contributed by atoms with van der Waals surface area (Å²) < 4.78 is 0. The molecule has 0 unspecified atom stereocenters. The van der Waals surface area contributed by atoms with Crippen molar-refractivity contribution in [2.75, 3.05) is 5.32 Å². The van der Waals surface area contributed by atoms with Gasteiger partial charge in [0, 0.05) is 6.20 Å². The van der Waals surface area contributed by atoms with E-state index in [1.807, 2.05) is 0 Å². The Morgan fingerprint density at radius 2 is 2.46 bits per heavy atom. The standard InChI is InChI=1S/C8H8N4O/c9-8(13)5-1-6-7(11-2-5)3-10-4-12-6/h1-2,4H,3H2,(H2,9,13)(H,10,12). The van der Waals surface area contributed by atoms with Crippen LogP contribution in [0.2, 0.25) is 0 Å². The third-order valence-electron chi connectivity index (χ3n) is 1.81. The summed E-state index contributed by atoms with van der Waals surface area (Å²) in [4.78, 5) is 18.8. The van der Waals surface area contributed by atoms with Gasteiger partial charge in [0.05, 0.1) is 29.8 Å². The van der Waals surface area contributed by atoms with Gasteiger partial charge in [-0.2, -0.15) is 0 Å². The molecule has 5 nitrogen and oxygen atoms in total. The van der Waals surface area contributed by atoms with Gasteiger partial charge >= 0.3 is 0 Å². The van der Waals surface area contributed by atoms with E-state index in [-0.39, 0.29) is 0 Å². The number of nitrogens with one attached hydrogen (secondary N) is 1. The van der Waals surface area contributed by atoms with E-state index in [1.54, 1.807) is 12.4 Å². The number of aliphatic imine (C=N–C) groups is 1. The summed E-state index contributed by atoms with van der Waals surface area (Å²) in [5.41, 5.74) is 7.13. The summed E-state index contributed by atoms with van der Waals surface area (Å²) in [6.07, 6.45) is 3.04. The first-order valence-electron chi connectivity index (χ1n) is 3.81. The lowest BCUT2D eigenvalue weighted by Gasteiger charge is -2.11. The fourth-order valence-electron chi connectivity index (χ4n) is 1.13. The molecule has 3 N–H and O–H groups in total. The zero-order valence-corrected chi connectivity index (χ0v) is 6.82. The van der Waals surface area contributed by atoms with Crippen molar-refractivity contribution in [1.82, 2.24) is 4.98 Å². The molecule has 0 bridgehead atoms. The van der Waals surface area contributed by atoms with Crippen molar-refractivity contribution in [2.24, 2.45) is 10.7 Å². The Morgan fingerprint density at radius 1 is 1.62 bits per heavy atom. The largest absolute Gasteiger partial charge is 0.366 e. The van der Waals surface area contributed by atoms with Crippen LogP contribution in [0.25, 0.3) is 0 Å². The lowest BCUT2D eigenvalue weighted by atomic mass is 10.2. The van der Waals surface area contributed by atoms with Gasteiger partial charge in [-0.1, -0.05) is 0 Å². The fourth-order valence-corrected chi connectivity index (χ4v) is 1.13. The molecule has 0 saturated heterocycles. The van der Waals surface area contributed by atoms with Crippen LogP contribution >= 0.6 is 0 Å². The summed E-state index contributed by atoms with van der Waals surface area (Å²) >= 11 is 0. The summed E-state index contributed by atoms with van der Waals surface area (Å²) in [7, 11) is 0. The first kappa shape index (κ1) is 7.72. The van der Waals surface area contributed by atoms with Gasteiger partial charge in [0.15, 0.2) is 0 Å². The van der Waals surface area contributed by atoms with Crippen molar-refractivity contribution >= 4 is 17.9 Å². The highest BCUT2D eigenvalue weighted by atomic mass is 16.1. The molecular weight excluding hydrogens is 168 g/mol. The molecule has 0 fully saturated rings. The first-order valence-corrected chi connectivity index (χ1v) is 3.81. The Balaban J connectivity index is 2.44. The maximum atomic E-state index is 10.8. The number of pyridine rings is 1. The molecule has 2 rings (SSSR count). The van der Waals surface area contributed by atoms with Crippen molar-refractivity contribution in [3.05, 3.63) is 23.5 Å². The summed E-state index contributed by atoms with van der Waals surface area (Å²) in [6, 6.07) is 1.68. The van der Waals surface area contributed by atoms with Crippen LogP contribution in [-0.2, 0) is 6.54 Å². The third-order valence-corrected chi connectivity index (χ3v) is 1.81. The van der Waals surface area contributed by atoms with E-state index >= 15 is 0 Å². The summed E-state index contributed by atoms with van der Waals surface area (Å²) in [6.45, 7) is 0.543. The maximum absolute atomic E-state index is 10.8. The number of rotatable bonds is 1. The van der Waals surface area contributed by atoms with Gasteiger partial charge in [-0.05, 0) is 6.07 Å². The van der Waals surface area contributed by atoms with Gasteiger partial charge in [-0.15, -0.1) is 0 Å². The molecule has 0 aromatic carbocycles. The summed E-state index contributed by atoms with van der Waals surface area (Å²) in [5.74, 6) is -0.473. The normalized spacial score (nSPS) is 13.2. The lowest BCUT2D eigenvalue weighted by Crippen LogP contribution is -2.14. The van der Waals surface area contributed by atoms with Gasteiger partial charge < -0.3 is 11.1 Å². The van der Waals surface area contributed by atoms with Gasteiger partial charge in [0.2, 0.25) is 5.91 Å². The van der Waals surface area contributed by atoms with E-state index in [0.717, 1.165) is 11.4 Å². The number of anilines is 1. The smallest absolute Gasteiger partial charge is 0.250 e. The van der Waals surface area contributed by atoms with Crippen molar-refractivity contribution in [1.29, 1.82) is 0 Å². The second-order valence-electron chi connectivity index (χ2n) is 2.70. The molecule has 0 atom stereocenters. The number of hydrogen-bond donors (Lipinski definition) is 2. The lowest BCUT2D eigenvalue weighted by molar-refractivity contribution is 0.1000. The molecule has 1 aliphatic heterocycles. The van der Waals surface area contributed by atoms with Crippen LogP contribution in [0.1, 0.15) is 16.1 Å². The highest BCUT2D eigenvalue weighted by Crippen LogP contribution is 2.17. The molecule has 66 valence electrons. The Hall–Kier alpha value is -1.91. The van der Waals surface area contributed by atoms with Crippen molar-refractivity contribution in [3.8, 4) is 0 Å². The molecule has 1 aliphatic rings. The number of nitrogens with zero attached hydrogens (tertiary/aromatic N) is 2. The van der Waals surface area contributed by atoms with E-state index in [0.29, 0.717) is 12.1 Å². The highest BCUT2D eigenvalue weighted by Gasteiger charge is 2.09. The number of hydrogen-bond acceptors (Lipinski definition) is 4. The molecule has 2 heterocycles. The van der Waals surface area contributed by atoms with E-state index < -0.39 is 5.91 Å². The third kappa shape index (κ3) is 1.35. The number of fused-ring (bicyclic) bond motifs is 1. The average Bonchev–Trinajstić information content (AvgIpc) is 2.17. The number of amides is 1. The minimum Gasteiger partial charge on any atom is -0.366 e. The molecule has 5 heteroatoms. The van der Waals surface area contributed by atoms with Crippen LogP contribution in [0.5, 0.6) is 0 Å². The van der Waals surface area contributed by atoms with Crippen LogP contribution in [0.15, 0.2) is 17.3 Å². The van der Waals surface area contributed by atoms with Crippen molar-refractivity contribution in [3.63, 3.8) is 0 Å². The Morgan fingerprint density at radius 3 is 3.23 bits per heavy atom.